The van der Waals surface area contributed by atoms with Crippen LogP contribution >= 0.6 is 12.4 Å². The zero-order valence-electron chi connectivity index (χ0n) is 14.5. The van der Waals surface area contributed by atoms with Gasteiger partial charge in [0.25, 0.3) is 0 Å². The van der Waals surface area contributed by atoms with Crippen molar-refractivity contribution in [3.63, 3.8) is 0 Å². The van der Waals surface area contributed by atoms with Gasteiger partial charge in [0.2, 0.25) is 5.91 Å². The van der Waals surface area contributed by atoms with Crippen LogP contribution in [0.1, 0.15) is 50.1 Å². The maximum Gasteiger partial charge on any atom is 0.223 e. The van der Waals surface area contributed by atoms with E-state index < -0.39 is 0 Å². The van der Waals surface area contributed by atoms with Crippen LogP contribution in [0.5, 0.6) is 11.5 Å². The average molecular weight is 367 g/mol. The number of carbonyl (C=O) groups excluding carboxylic acids is 1. The number of halogens is 1. The van der Waals surface area contributed by atoms with E-state index in [9.17, 15) is 4.79 Å². The van der Waals surface area contributed by atoms with Crippen LogP contribution in [-0.2, 0) is 4.79 Å². The Bertz CT molecular complexity index is 625. The second kappa shape index (κ2) is 7.83. The number of likely N-dealkylation sites (tertiary alicyclic amines) is 1. The summed E-state index contributed by atoms with van der Waals surface area (Å²) in [6.45, 7) is 1.99. The number of hydrogen-bond donors (Lipinski definition) is 1. The molecule has 2 N–H and O–H groups in total. The molecule has 1 aromatic rings. The highest BCUT2D eigenvalue weighted by Crippen LogP contribution is 2.43. The minimum Gasteiger partial charge on any atom is -0.486 e. The fourth-order valence-corrected chi connectivity index (χ4v) is 4.41. The smallest absolute Gasteiger partial charge is 0.223 e. The molecule has 3 atom stereocenters. The van der Waals surface area contributed by atoms with Gasteiger partial charge in [0.1, 0.15) is 13.2 Å². The zero-order chi connectivity index (χ0) is 16.5. The molecule has 1 saturated heterocycles. The fraction of sp³-hybridized carbons (Fsp3) is 0.632. The molecule has 3 aliphatic rings. The summed E-state index contributed by atoms with van der Waals surface area (Å²) in [5, 5.41) is 0. The Balaban J connectivity index is 0.00000182. The van der Waals surface area contributed by atoms with E-state index in [4.69, 9.17) is 15.2 Å². The van der Waals surface area contributed by atoms with E-state index in [-0.39, 0.29) is 30.4 Å². The number of para-hydroxylation sites is 1. The summed E-state index contributed by atoms with van der Waals surface area (Å²) < 4.78 is 11.6. The van der Waals surface area contributed by atoms with Crippen molar-refractivity contribution in [2.75, 3.05) is 19.8 Å². The Morgan fingerprint density at radius 1 is 1.16 bits per heavy atom. The van der Waals surface area contributed by atoms with Crippen LogP contribution in [0.2, 0.25) is 0 Å². The van der Waals surface area contributed by atoms with Gasteiger partial charge in [-0.15, -0.1) is 12.4 Å². The van der Waals surface area contributed by atoms with Crippen molar-refractivity contribution in [1.29, 1.82) is 0 Å². The van der Waals surface area contributed by atoms with E-state index in [1.165, 1.54) is 0 Å². The molecule has 1 aliphatic carbocycles. The van der Waals surface area contributed by atoms with Gasteiger partial charge >= 0.3 is 0 Å². The molecule has 4 rings (SSSR count). The Hall–Kier alpha value is -1.46. The molecular weight excluding hydrogens is 340 g/mol. The van der Waals surface area contributed by atoms with E-state index >= 15 is 0 Å². The predicted molar refractivity (Wildman–Crippen MR) is 98.3 cm³/mol. The highest BCUT2D eigenvalue weighted by molar-refractivity contribution is 5.85. The molecule has 2 aliphatic heterocycles. The van der Waals surface area contributed by atoms with Gasteiger partial charge < -0.3 is 20.1 Å². The number of rotatable bonds is 3. The van der Waals surface area contributed by atoms with Crippen molar-refractivity contribution in [1.82, 2.24) is 4.90 Å². The Morgan fingerprint density at radius 3 is 2.80 bits per heavy atom. The molecule has 0 aromatic heterocycles. The molecule has 5 nitrogen and oxygen atoms in total. The number of fused-ring (bicyclic) bond motifs is 1. The van der Waals surface area contributed by atoms with Gasteiger partial charge in [-0.2, -0.15) is 0 Å². The van der Waals surface area contributed by atoms with Gasteiger partial charge in [0, 0.05) is 24.6 Å². The first-order valence-corrected chi connectivity index (χ1v) is 9.17. The zero-order valence-corrected chi connectivity index (χ0v) is 15.3. The van der Waals surface area contributed by atoms with Gasteiger partial charge in [0.15, 0.2) is 11.5 Å². The normalized spacial score (nSPS) is 27.9. The van der Waals surface area contributed by atoms with Crippen LogP contribution in [0.15, 0.2) is 18.2 Å². The molecule has 138 valence electrons. The van der Waals surface area contributed by atoms with Crippen molar-refractivity contribution < 1.29 is 14.3 Å². The quantitative estimate of drug-likeness (QED) is 0.892. The molecular formula is C19H27ClN2O3. The van der Waals surface area contributed by atoms with Crippen LogP contribution in [0.25, 0.3) is 0 Å². The number of carbonyl (C=O) groups is 1. The second-order valence-corrected chi connectivity index (χ2v) is 7.18. The number of ether oxygens (including phenoxy) is 2. The molecule has 6 heteroatoms. The summed E-state index contributed by atoms with van der Waals surface area (Å²) in [6.07, 6.45) is 5.91. The van der Waals surface area contributed by atoms with Crippen molar-refractivity contribution in [2.24, 2.45) is 11.7 Å². The SMILES string of the molecule is Cl.N[C@@H]1CCC[C@H]1CC(=O)N1CCCC1c1cccc2c1OCCO2. The Morgan fingerprint density at radius 2 is 2.00 bits per heavy atom. The molecule has 0 bridgehead atoms. The summed E-state index contributed by atoms with van der Waals surface area (Å²) in [7, 11) is 0. The number of benzene rings is 1. The standard InChI is InChI=1S/C19H26N2O3.ClH/c20-15-6-1-4-13(15)12-18(22)21-9-3-7-16(21)14-5-2-8-17-19(14)24-11-10-23-17;/h2,5,8,13,15-16H,1,3-4,6-7,9-12,20H2;1H/t13-,15+,16?;/m0./s1. The first-order chi connectivity index (χ1) is 11.7. The van der Waals surface area contributed by atoms with Gasteiger partial charge in [-0.05, 0) is 37.7 Å². The lowest BCUT2D eigenvalue weighted by Gasteiger charge is -2.30. The van der Waals surface area contributed by atoms with E-state index in [2.05, 4.69) is 6.07 Å². The molecule has 0 radical (unpaired) electrons. The summed E-state index contributed by atoms with van der Waals surface area (Å²) in [4.78, 5) is 14.9. The Kier molecular flexibility index (Phi) is 5.74. The lowest BCUT2D eigenvalue weighted by Crippen LogP contribution is -2.35. The Labute approximate surface area is 155 Å². The predicted octanol–water partition coefficient (Wildman–Crippen LogP) is 3.06. The van der Waals surface area contributed by atoms with E-state index in [1.807, 2.05) is 17.0 Å². The topological polar surface area (TPSA) is 64.8 Å². The summed E-state index contributed by atoms with van der Waals surface area (Å²) in [5.74, 6) is 2.22. The van der Waals surface area contributed by atoms with E-state index in [1.54, 1.807) is 0 Å². The van der Waals surface area contributed by atoms with Crippen LogP contribution in [-0.4, -0.2) is 36.6 Å². The monoisotopic (exact) mass is 366 g/mol. The molecule has 1 amide bonds. The van der Waals surface area contributed by atoms with E-state index in [0.717, 1.165) is 55.7 Å². The third-order valence-corrected chi connectivity index (χ3v) is 5.68. The van der Waals surface area contributed by atoms with Gasteiger partial charge in [-0.3, -0.25) is 4.79 Å². The highest BCUT2D eigenvalue weighted by atomic mass is 35.5. The molecule has 1 saturated carbocycles. The largest absolute Gasteiger partial charge is 0.486 e. The van der Waals surface area contributed by atoms with E-state index in [0.29, 0.717) is 25.6 Å². The van der Waals surface area contributed by atoms with Crippen molar-refractivity contribution >= 4 is 18.3 Å². The van der Waals surface area contributed by atoms with Gasteiger partial charge in [-0.25, -0.2) is 0 Å². The third kappa shape index (κ3) is 3.58. The third-order valence-electron chi connectivity index (χ3n) is 5.68. The summed E-state index contributed by atoms with van der Waals surface area (Å²) >= 11 is 0. The van der Waals surface area contributed by atoms with Crippen molar-refractivity contribution in [3.8, 4) is 11.5 Å². The van der Waals surface area contributed by atoms with Gasteiger partial charge in [0.05, 0.1) is 6.04 Å². The molecule has 2 heterocycles. The maximum atomic E-state index is 12.9. The molecule has 25 heavy (non-hydrogen) atoms. The lowest BCUT2D eigenvalue weighted by atomic mass is 9.98. The molecule has 1 aromatic carbocycles. The van der Waals surface area contributed by atoms with Crippen molar-refractivity contribution in [2.45, 2.75) is 50.6 Å². The first-order valence-electron chi connectivity index (χ1n) is 9.17. The number of amides is 1. The number of hydrogen-bond acceptors (Lipinski definition) is 4. The van der Waals surface area contributed by atoms with Crippen LogP contribution < -0.4 is 15.2 Å². The maximum absolute atomic E-state index is 12.9. The average Bonchev–Trinajstić information content (AvgIpc) is 3.24. The second-order valence-electron chi connectivity index (χ2n) is 7.18. The van der Waals surface area contributed by atoms with Gasteiger partial charge in [-0.1, -0.05) is 18.6 Å². The molecule has 2 fully saturated rings. The van der Waals surface area contributed by atoms with Crippen LogP contribution in [0.3, 0.4) is 0 Å². The highest BCUT2D eigenvalue weighted by Gasteiger charge is 2.35. The fourth-order valence-electron chi connectivity index (χ4n) is 4.41. The number of nitrogens with two attached hydrogens (primary N) is 1. The summed E-state index contributed by atoms with van der Waals surface area (Å²) in [6, 6.07) is 6.31. The molecule has 0 spiro atoms. The first kappa shape index (κ1) is 18.3. The summed E-state index contributed by atoms with van der Waals surface area (Å²) in [5.41, 5.74) is 7.25. The molecule has 1 unspecified atom stereocenters. The van der Waals surface area contributed by atoms with Crippen molar-refractivity contribution in [3.05, 3.63) is 23.8 Å². The van der Waals surface area contributed by atoms with Crippen LogP contribution in [0, 0.1) is 5.92 Å². The lowest BCUT2D eigenvalue weighted by molar-refractivity contribution is -0.133. The minimum atomic E-state index is 0. The van der Waals surface area contributed by atoms with Crippen LogP contribution in [0.4, 0.5) is 0 Å². The number of nitrogens with zero attached hydrogens (tertiary/aromatic N) is 1. The minimum absolute atomic E-state index is 0.